The molecule has 4 nitrogen and oxygen atoms in total. The molecule has 1 N–H and O–H groups in total. The van der Waals surface area contributed by atoms with Crippen LogP contribution in [0.2, 0.25) is 0 Å². The van der Waals surface area contributed by atoms with Crippen molar-refractivity contribution in [3.05, 3.63) is 64.6 Å². The molecule has 4 rings (SSSR count). The fourth-order valence-corrected chi connectivity index (χ4v) is 4.15. The maximum absolute atomic E-state index is 9.84. The second-order valence-electron chi connectivity index (χ2n) is 8.05. The molecule has 2 aromatic heterocycles. The predicted molar refractivity (Wildman–Crippen MR) is 105 cm³/mol. The van der Waals surface area contributed by atoms with E-state index in [-0.39, 0.29) is 6.73 Å². The van der Waals surface area contributed by atoms with Crippen LogP contribution in [0.15, 0.2) is 36.5 Å². The Kier molecular flexibility index (Phi) is 4.33. The van der Waals surface area contributed by atoms with E-state index >= 15 is 0 Å². The van der Waals surface area contributed by atoms with Gasteiger partial charge < -0.3 is 9.67 Å². The van der Waals surface area contributed by atoms with E-state index in [0.717, 1.165) is 38.2 Å². The Morgan fingerprint density at radius 3 is 2.77 bits per heavy atom. The molecule has 0 radical (unpaired) electrons. The lowest BCUT2D eigenvalue weighted by atomic mass is 10.0. The number of fused-ring (bicyclic) bond motifs is 3. The van der Waals surface area contributed by atoms with Crippen molar-refractivity contribution in [2.45, 2.75) is 39.8 Å². The van der Waals surface area contributed by atoms with Crippen molar-refractivity contribution in [1.82, 2.24) is 9.55 Å². The first kappa shape index (κ1) is 17.3. The fraction of sp³-hybridized carbons (Fsp3) is 0.409. The molecule has 1 aromatic carbocycles. The number of likely N-dealkylation sites (N-methyl/N-ethyl adjacent to an activating group) is 1. The van der Waals surface area contributed by atoms with Gasteiger partial charge in [0.05, 0.1) is 13.6 Å². The molecule has 1 aliphatic heterocycles. The molecule has 0 aliphatic carbocycles. The quantitative estimate of drug-likeness (QED) is 0.733. The van der Waals surface area contributed by atoms with Crippen LogP contribution >= 0.6 is 0 Å². The van der Waals surface area contributed by atoms with Crippen LogP contribution in [0.3, 0.4) is 0 Å². The molecule has 1 unspecified atom stereocenters. The Morgan fingerprint density at radius 1 is 1.19 bits per heavy atom. The maximum Gasteiger partial charge on any atom is 0.180 e. The summed E-state index contributed by atoms with van der Waals surface area (Å²) in [7, 11) is 2.15. The summed E-state index contributed by atoms with van der Waals surface area (Å²) in [5, 5.41) is 11.2. The predicted octanol–water partition coefficient (Wildman–Crippen LogP) is 3.35. The zero-order valence-electron chi connectivity index (χ0n) is 16.0. The number of pyridine rings is 1. The van der Waals surface area contributed by atoms with Gasteiger partial charge in [-0.05, 0) is 44.0 Å². The van der Waals surface area contributed by atoms with Crippen molar-refractivity contribution in [1.29, 1.82) is 0 Å². The first-order chi connectivity index (χ1) is 12.5. The summed E-state index contributed by atoms with van der Waals surface area (Å²) in [6, 6.07) is 11.1. The van der Waals surface area contributed by atoms with Crippen LogP contribution in [0.5, 0.6) is 0 Å². The van der Waals surface area contributed by atoms with E-state index in [9.17, 15) is 5.11 Å². The number of aliphatic hydroxyl groups excluding tert-OH is 1. The molecule has 0 bridgehead atoms. The van der Waals surface area contributed by atoms with E-state index in [0.29, 0.717) is 4.48 Å². The second-order valence-corrected chi connectivity index (χ2v) is 8.05. The summed E-state index contributed by atoms with van der Waals surface area (Å²) in [4.78, 5) is 4.43. The molecule has 0 spiro atoms. The van der Waals surface area contributed by atoms with Gasteiger partial charge in [0.1, 0.15) is 6.54 Å². The third-order valence-corrected chi connectivity index (χ3v) is 5.81. The van der Waals surface area contributed by atoms with Crippen LogP contribution in [-0.2, 0) is 25.9 Å². The highest BCUT2D eigenvalue weighted by Gasteiger charge is 2.32. The lowest BCUT2D eigenvalue weighted by Gasteiger charge is -2.36. The lowest BCUT2D eigenvalue weighted by Crippen LogP contribution is -2.48. The number of hydrogen-bond acceptors (Lipinski definition) is 2. The van der Waals surface area contributed by atoms with Gasteiger partial charge in [0, 0.05) is 47.0 Å². The fourth-order valence-electron chi connectivity index (χ4n) is 4.15. The first-order valence-corrected chi connectivity index (χ1v) is 9.46. The van der Waals surface area contributed by atoms with Crippen molar-refractivity contribution >= 4 is 10.9 Å². The van der Waals surface area contributed by atoms with Gasteiger partial charge in [-0.1, -0.05) is 17.7 Å². The normalized spacial score (nSPS) is 19.7. The van der Waals surface area contributed by atoms with Crippen LogP contribution in [0.4, 0.5) is 0 Å². The lowest BCUT2D eigenvalue weighted by molar-refractivity contribution is -0.941. The van der Waals surface area contributed by atoms with Crippen molar-refractivity contribution in [3.8, 4) is 0 Å². The number of aliphatic hydroxyl groups is 1. The van der Waals surface area contributed by atoms with Gasteiger partial charge in [0.25, 0.3) is 0 Å². The Bertz CT molecular complexity index is 942. The largest absolute Gasteiger partial charge is 0.347 e. The van der Waals surface area contributed by atoms with Gasteiger partial charge in [-0.25, -0.2) is 0 Å². The minimum atomic E-state index is 0.201. The number of rotatable bonds is 4. The van der Waals surface area contributed by atoms with Gasteiger partial charge in [-0.2, -0.15) is 0 Å². The molecule has 4 heteroatoms. The Hall–Kier alpha value is -2.17. The van der Waals surface area contributed by atoms with Crippen LogP contribution in [0.25, 0.3) is 10.9 Å². The molecule has 0 saturated carbocycles. The molecule has 136 valence electrons. The topological polar surface area (TPSA) is 38.0 Å². The van der Waals surface area contributed by atoms with E-state index in [1.165, 1.54) is 33.3 Å². The molecule has 0 fully saturated rings. The zero-order chi connectivity index (χ0) is 18.3. The molecule has 1 atom stereocenters. The Balaban J connectivity index is 1.74. The number of quaternary nitrogens is 1. The minimum absolute atomic E-state index is 0.201. The van der Waals surface area contributed by atoms with Crippen LogP contribution in [-0.4, -0.2) is 39.5 Å². The van der Waals surface area contributed by atoms with Crippen LogP contribution in [0, 0.1) is 13.8 Å². The van der Waals surface area contributed by atoms with Crippen molar-refractivity contribution < 1.29 is 9.59 Å². The number of aryl methyl sites for hydroxylation is 4. The van der Waals surface area contributed by atoms with E-state index < -0.39 is 0 Å². The SMILES string of the molecule is Cc1ccc2c(c1)c1c(n2CCc2ccc(C)nc2)CC[N+](C)(CO)C1. The highest BCUT2D eigenvalue weighted by Crippen LogP contribution is 2.33. The van der Waals surface area contributed by atoms with E-state index in [2.05, 4.69) is 53.9 Å². The third kappa shape index (κ3) is 3.04. The van der Waals surface area contributed by atoms with E-state index in [1.54, 1.807) is 0 Å². The average Bonchev–Trinajstić information content (AvgIpc) is 2.93. The van der Waals surface area contributed by atoms with Gasteiger partial charge in [0.15, 0.2) is 6.73 Å². The zero-order valence-corrected chi connectivity index (χ0v) is 16.0. The molecule has 26 heavy (non-hydrogen) atoms. The number of aromatic nitrogens is 2. The molecule has 0 saturated heterocycles. The van der Waals surface area contributed by atoms with Gasteiger partial charge in [-0.3, -0.25) is 9.47 Å². The number of benzene rings is 1. The highest BCUT2D eigenvalue weighted by molar-refractivity contribution is 5.86. The summed E-state index contributed by atoms with van der Waals surface area (Å²) >= 11 is 0. The molecule has 3 aromatic rings. The minimum Gasteiger partial charge on any atom is -0.347 e. The average molecular weight is 350 g/mol. The van der Waals surface area contributed by atoms with Crippen molar-refractivity contribution in [2.24, 2.45) is 0 Å². The number of hydrogen-bond donors (Lipinski definition) is 1. The van der Waals surface area contributed by atoms with Crippen molar-refractivity contribution in [3.63, 3.8) is 0 Å². The van der Waals surface area contributed by atoms with Gasteiger partial charge in [0.2, 0.25) is 0 Å². The smallest absolute Gasteiger partial charge is 0.180 e. The van der Waals surface area contributed by atoms with Crippen molar-refractivity contribution in [2.75, 3.05) is 20.3 Å². The molecule has 3 heterocycles. The third-order valence-electron chi connectivity index (χ3n) is 5.81. The maximum atomic E-state index is 9.84. The summed E-state index contributed by atoms with van der Waals surface area (Å²) in [6.45, 7) is 7.26. The first-order valence-electron chi connectivity index (χ1n) is 9.46. The monoisotopic (exact) mass is 350 g/mol. The molecule has 1 aliphatic rings. The van der Waals surface area contributed by atoms with Crippen LogP contribution in [0.1, 0.15) is 28.1 Å². The van der Waals surface area contributed by atoms with E-state index in [1.807, 2.05) is 13.1 Å². The van der Waals surface area contributed by atoms with Gasteiger partial charge >= 0.3 is 0 Å². The molecule has 0 amide bonds. The summed E-state index contributed by atoms with van der Waals surface area (Å²) in [5.74, 6) is 0. The van der Waals surface area contributed by atoms with E-state index in [4.69, 9.17) is 0 Å². The Labute approximate surface area is 155 Å². The summed E-state index contributed by atoms with van der Waals surface area (Å²) in [6.07, 6.45) is 4.01. The summed E-state index contributed by atoms with van der Waals surface area (Å²) < 4.78 is 3.22. The van der Waals surface area contributed by atoms with Crippen LogP contribution < -0.4 is 0 Å². The second kappa shape index (κ2) is 6.53. The highest BCUT2D eigenvalue weighted by atomic mass is 16.3. The van der Waals surface area contributed by atoms with Gasteiger partial charge in [-0.15, -0.1) is 0 Å². The summed E-state index contributed by atoms with van der Waals surface area (Å²) in [5.41, 5.74) is 7.85. The standard InChI is InChI=1S/C22H28N3O/c1-16-4-7-21-19(12-16)20-14-25(3,15-26)11-9-22(20)24(21)10-8-18-6-5-17(2)23-13-18/h4-7,12-13,26H,8-11,14-15H2,1-3H3/q+1. The molecular formula is C22H28N3O+. The Morgan fingerprint density at radius 2 is 2.04 bits per heavy atom. The molecular weight excluding hydrogens is 322 g/mol. The number of nitrogens with zero attached hydrogens (tertiary/aromatic N) is 3.